The van der Waals surface area contributed by atoms with Gasteiger partial charge in [0.2, 0.25) is 10.0 Å². The second-order valence-electron chi connectivity index (χ2n) is 4.13. The third kappa shape index (κ3) is 5.44. The smallest absolute Gasteiger partial charge is 0.235 e. The highest BCUT2D eigenvalue weighted by atomic mass is 35.5. The fourth-order valence-corrected chi connectivity index (χ4v) is 2.63. The summed E-state index contributed by atoms with van der Waals surface area (Å²) in [5.41, 5.74) is 0.192. The molecule has 8 heteroatoms. The van der Waals surface area contributed by atoms with Crippen molar-refractivity contribution in [3.63, 3.8) is 0 Å². The second-order valence-corrected chi connectivity index (χ2v) is 6.79. The first kappa shape index (κ1) is 16.4. The molecular weight excluding hydrogens is 313 g/mol. The lowest BCUT2D eigenvalue weighted by Crippen LogP contribution is -2.21. The molecule has 0 spiro atoms. The standard InChI is InChI=1S/C11H15Cl2NO4S/c1-7(2)18-3-4-19(16,17)14-8-5-9(12)11(15)10(13)6-8/h5-7,14-15H,3-4H2,1-2H3. The van der Waals surface area contributed by atoms with Crippen LogP contribution in [0.2, 0.25) is 10.0 Å². The Bertz CT molecular complexity index is 523. The van der Waals surface area contributed by atoms with Crippen LogP contribution in [0.3, 0.4) is 0 Å². The van der Waals surface area contributed by atoms with Crippen LogP contribution in [0.4, 0.5) is 5.69 Å². The van der Waals surface area contributed by atoms with E-state index < -0.39 is 10.0 Å². The lowest BCUT2D eigenvalue weighted by atomic mass is 10.3. The first-order chi connectivity index (χ1) is 8.71. The van der Waals surface area contributed by atoms with Crippen LogP contribution in [0.5, 0.6) is 5.75 Å². The van der Waals surface area contributed by atoms with E-state index in [9.17, 15) is 13.5 Å². The molecule has 0 unspecified atom stereocenters. The van der Waals surface area contributed by atoms with Crippen LogP contribution in [0.1, 0.15) is 13.8 Å². The number of phenols is 1. The van der Waals surface area contributed by atoms with Crippen molar-refractivity contribution in [1.82, 2.24) is 0 Å². The predicted octanol–water partition coefficient (Wildman–Crippen LogP) is 2.87. The monoisotopic (exact) mass is 327 g/mol. The number of benzene rings is 1. The molecule has 19 heavy (non-hydrogen) atoms. The molecule has 0 heterocycles. The van der Waals surface area contributed by atoms with Crippen molar-refractivity contribution in [2.24, 2.45) is 0 Å². The van der Waals surface area contributed by atoms with Crippen molar-refractivity contribution in [3.05, 3.63) is 22.2 Å². The summed E-state index contributed by atoms with van der Waals surface area (Å²) in [7, 11) is -3.55. The van der Waals surface area contributed by atoms with Crippen LogP contribution in [0.15, 0.2) is 12.1 Å². The van der Waals surface area contributed by atoms with E-state index in [1.807, 2.05) is 13.8 Å². The molecule has 1 rings (SSSR count). The van der Waals surface area contributed by atoms with Gasteiger partial charge in [0.25, 0.3) is 0 Å². The molecule has 108 valence electrons. The van der Waals surface area contributed by atoms with Crippen molar-refractivity contribution in [3.8, 4) is 5.75 Å². The summed E-state index contributed by atoms with van der Waals surface area (Å²) in [6.45, 7) is 3.73. The fraction of sp³-hybridized carbons (Fsp3) is 0.455. The molecule has 0 bridgehead atoms. The summed E-state index contributed by atoms with van der Waals surface area (Å²) < 4.78 is 31.0. The van der Waals surface area contributed by atoms with Crippen LogP contribution in [0, 0.1) is 0 Å². The van der Waals surface area contributed by atoms with Crippen molar-refractivity contribution in [1.29, 1.82) is 0 Å². The van der Waals surface area contributed by atoms with Crippen molar-refractivity contribution in [2.75, 3.05) is 17.1 Å². The number of aromatic hydroxyl groups is 1. The zero-order valence-corrected chi connectivity index (χ0v) is 12.8. The lowest BCUT2D eigenvalue weighted by molar-refractivity contribution is 0.0913. The number of sulfonamides is 1. The number of hydrogen-bond acceptors (Lipinski definition) is 4. The summed E-state index contributed by atoms with van der Waals surface area (Å²) in [4.78, 5) is 0. The second kappa shape index (κ2) is 6.65. The van der Waals surface area contributed by atoms with Gasteiger partial charge in [0.05, 0.1) is 34.2 Å². The normalized spacial score (nSPS) is 11.8. The molecule has 0 aliphatic rings. The van der Waals surface area contributed by atoms with Crippen LogP contribution in [0.25, 0.3) is 0 Å². The molecule has 2 N–H and O–H groups in total. The molecule has 1 aromatic carbocycles. The third-order valence-corrected chi connectivity index (χ3v) is 3.92. The minimum absolute atomic E-state index is 0.0244. The maximum atomic E-state index is 11.7. The Labute approximate surface area is 122 Å². The van der Waals surface area contributed by atoms with Crippen LogP contribution in [-0.4, -0.2) is 32.0 Å². The number of ether oxygens (including phenoxy) is 1. The van der Waals surface area contributed by atoms with E-state index in [-0.39, 0.29) is 39.9 Å². The summed E-state index contributed by atoms with van der Waals surface area (Å²) in [6.07, 6.45) is -0.0345. The molecule has 1 aromatic rings. The highest BCUT2D eigenvalue weighted by Crippen LogP contribution is 2.34. The molecule has 5 nitrogen and oxygen atoms in total. The van der Waals surface area contributed by atoms with E-state index >= 15 is 0 Å². The van der Waals surface area contributed by atoms with Crippen molar-refractivity contribution >= 4 is 38.9 Å². The lowest BCUT2D eigenvalue weighted by Gasteiger charge is -2.11. The Balaban J connectivity index is 2.73. The predicted molar refractivity (Wildman–Crippen MR) is 76.6 cm³/mol. The van der Waals surface area contributed by atoms with Gasteiger partial charge < -0.3 is 9.84 Å². The van der Waals surface area contributed by atoms with Gasteiger partial charge in [-0.2, -0.15) is 0 Å². The average Bonchev–Trinajstić information content (AvgIpc) is 2.24. The minimum Gasteiger partial charge on any atom is -0.505 e. The van der Waals surface area contributed by atoms with Crippen molar-refractivity contribution in [2.45, 2.75) is 20.0 Å². The van der Waals surface area contributed by atoms with Crippen LogP contribution in [-0.2, 0) is 14.8 Å². The van der Waals surface area contributed by atoms with Gasteiger partial charge in [-0.05, 0) is 26.0 Å². The molecule has 0 atom stereocenters. The fourth-order valence-electron chi connectivity index (χ4n) is 1.25. The molecule has 0 aliphatic heterocycles. The van der Waals surface area contributed by atoms with Crippen molar-refractivity contribution < 1.29 is 18.3 Å². The van der Waals surface area contributed by atoms with Gasteiger partial charge in [0.1, 0.15) is 0 Å². The SMILES string of the molecule is CC(C)OCCS(=O)(=O)Nc1cc(Cl)c(O)c(Cl)c1. The first-order valence-electron chi connectivity index (χ1n) is 5.51. The van der Waals surface area contributed by atoms with Crippen LogP contribution < -0.4 is 4.72 Å². The van der Waals surface area contributed by atoms with E-state index in [0.29, 0.717) is 0 Å². The van der Waals surface area contributed by atoms with Gasteiger partial charge in [0.15, 0.2) is 5.75 Å². The molecule has 0 aliphatic carbocycles. The number of halogens is 2. The Morgan fingerprint density at radius 1 is 1.32 bits per heavy atom. The van der Waals surface area contributed by atoms with E-state index in [2.05, 4.69) is 4.72 Å². The average molecular weight is 328 g/mol. The Kier molecular flexibility index (Phi) is 5.73. The van der Waals surface area contributed by atoms with Gasteiger partial charge in [0, 0.05) is 0 Å². The van der Waals surface area contributed by atoms with Gasteiger partial charge in [-0.3, -0.25) is 4.72 Å². The highest BCUT2D eigenvalue weighted by Gasteiger charge is 2.13. The number of anilines is 1. The number of phenolic OH excluding ortho intramolecular Hbond substituents is 1. The molecular formula is C11H15Cl2NO4S. The minimum atomic E-state index is -3.55. The number of nitrogens with one attached hydrogen (secondary N) is 1. The first-order valence-corrected chi connectivity index (χ1v) is 7.92. The van der Waals surface area contributed by atoms with E-state index in [1.165, 1.54) is 12.1 Å². The van der Waals surface area contributed by atoms with E-state index in [0.717, 1.165) is 0 Å². The molecule has 0 aromatic heterocycles. The number of hydrogen-bond donors (Lipinski definition) is 2. The topological polar surface area (TPSA) is 75.6 Å². The van der Waals surface area contributed by atoms with Gasteiger partial charge >= 0.3 is 0 Å². The van der Waals surface area contributed by atoms with Gasteiger partial charge in [-0.15, -0.1) is 0 Å². The highest BCUT2D eigenvalue weighted by molar-refractivity contribution is 7.92. The Morgan fingerprint density at radius 3 is 2.32 bits per heavy atom. The largest absolute Gasteiger partial charge is 0.505 e. The molecule has 0 amide bonds. The Hall–Kier alpha value is -0.690. The maximum absolute atomic E-state index is 11.7. The maximum Gasteiger partial charge on any atom is 0.235 e. The summed E-state index contributed by atoms with van der Waals surface area (Å²) >= 11 is 11.4. The zero-order chi connectivity index (χ0) is 14.6. The number of rotatable bonds is 6. The van der Waals surface area contributed by atoms with Gasteiger partial charge in [-0.1, -0.05) is 23.2 Å². The zero-order valence-electron chi connectivity index (χ0n) is 10.5. The van der Waals surface area contributed by atoms with Gasteiger partial charge in [-0.25, -0.2) is 8.42 Å². The molecule has 0 radical (unpaired) electrons. The third-order valence-electron chi connectivity index (χ3n) is 2.09. The summed E-state index contributed by atoms with van der Waals surface area (Å²) in [5.74, 6) is -0.462. The quantitative estimate of drug-likeness (QED) is 0.788. The summed E-state index contributed by atoms with van der Waals surface area (Å²) in [6, 6.07) is 2.56. The van der Waals surface area contributed by atoms with E-state index in [1.54, 1.807) is 0 Å². The summed E-state index contributed by atoms with van der Waals surface area (Å²) in [5, 5.41) is 9.32. The molecule has 0 saturated carbocycles. The van der Waals surface area contributed by atoms with E-state index in [4.69, 9.17) is 27.9 Å². The Morgan fingerprint density at radius 2 is 1.84 bits per heavy atom. The van der Waals surface area contributed by atoms with Crippen LogP contribution >= 0.6 is 23.2 Å². The molecule has 0 fully saturated rings. The molecule has 0 saturated heterocycles.